The molecule has 2 rings (SSSR count). The summed E-state index contributed by atoms with van der Waals surface area (Å²) in [6, 6.07) is 4.13. The van der Waals surface area contributed by atoms with Gasteiger partial charge in [0.15, 0.2) is 5.25 Å². The van der Waals surface area contributed by atoms with E-state index in [1.165, 1.54) is 5.56 Å². The number of carboxylic acids is 1. The lowest BCUT2D eigenvalue weighted by Gasteiger charge is -2.14. The van der Waals surface area contributed by atoms with Crippen LogP contribution in [0.1, 0.15) is 35.1 Å². The third-order valence-corrected chi connectivity index (χ3v) is 6.19. The summed E-state index contributed by atoms with van der Waals surface area (Å²) >= 11 is -0.578. The van der Waals surface area contributed by atoms with Crippen LogP contribution in [0, 0.1) is 20.8 Å². The Kier molecular flexibility index (Phi) is 4.93. The standard InChI is InChI=1S/C16H21NO3S/c1-10-7-11(2)13(12(3)8-10)9-15(18)17-21-6-4-5-14(21)16(19)20/h7-8,14H,4-6,9H2,1-3H3,(H-,17,18,19,20). The molecule has 1 aromatic rings. The molecule has 1 aromatic carbocycles. The number of aliphatic carboxylic acids is 1. The van der Waals surface area contributed by atoms with Gasteiger partial charge in [-0.25, -0.2) is 0 Å². The van der Waals surface area contributed by atoms with E-state index in [-0.39, 0.29) is 5.91 Å². The Morgan fingerprint density at radius 1 is 1.29 bits per heavy atom. The molecule has 0 aliphatic carbocycles. The molecule has 1 heterocycles. The summed E-state index contributed by atoms with van der Waals surface area (Å²) in [5.74, 6) is -0.392. The SMILES string of the molecule is Cc1cc(C)c(CC(=O)N[S+]2CCCC2C(=O)[O-])c(C)c1. The average molecular weight is 307 g/mol. The summed E-state index contributed by atoms with van der Waals surface area (Å²) in [7, 11) is 0. The summed E-state index contributed by atoms with van der Waals surface area (Å²) in [6.45, 7) is 6.04. The second kappa shape index (κ2) is 6.52. The Hall–Kier alpha value is -1.49. The molecule has 1 amide bonds. The molecule has 4 nitrogen and oxygen atoms in total. The minimum Gasteiger partial charge on any atom is -0.545 e. The van der Waals surface area contributed by atoms with Crippen LogP contribution >= 0.6 is 0 Å². The Morgan fingerprint density at radius 2 is 1.90 bits per heavy atom. The van der Waals surface area contributed by atoms with Crippen LogP contribution in [-0.2, 0) is 27.1 Å². The van der Waals surface area contributed by atoms with E-state index in [1.54, 1.807) is 0 Å². The fourth-order valence-electron chi connectivity index (χ4n) is 2.90. The molecule has 1 saturated heterocycles. The summed E-state index contributed by atoms with van der Waals surface area (Å²) in [6.07, 6.45) is 1.75. The fraction of sp³-hybridized carbons (Fsp3) is 0.500. The van der Waals surface area contributed by atoms with E-state index in [2.05, 4.69) is 16.9 Å². The molecule has 0 bridgehead atoms. The number of carboxylic acid groups (broad SMARTS) is 1. The van der Waals surface area contributed by atoms with Gasteiger partial charge in [0.2, 0.25) is 0 Å². The van der Waals surface area contributed by atoms with Crippen molar-refractivity contribution in [3.63, 3.8) is 0 Å². The van der Waals surface area contributed by atoms with Crippen molar-refractivity contribution in [2.75, 3.05) is 5.75 Å². The summed E-state index contributed by atoms with van der Waals surface area (Å²) < 4.78 is 2.90. The predicted molar refractivity (Wildman–Crippen MR) is 82.8 cm³/mol. The average Bonchev–Trinajstić information content (AvgIpc) is 2.82. The zero-order chi connectivity index (χ0) is 15.6. The lowest BCUT2D eigenvalue weighted by atomic mass is 9.97. The van der Waals surface area contributed by atoms with Crippen molar-refractivity contribution >= 4 is 23.0 Å². The van der Waals surface area contributed by atoms with Crippen LogP contribution in [0.25, 0.3) is 0 Å². The van der Waals surface area contributed by atoms with Gasteiger partial charge < -0.3 is 9.90 Å². The second-order valence-electron chi connectivity index (χ2n) is 5.66. The normalized spacial score (nSPS) is 21.3. The van der Waals surface area contributed by atoms with Crippen LogP contribution in [0.2, 0.25) is 0 Å². The minimum atomic E-state index is -1.04. The summed E-state index contributed by atoms with van der Waals surface area (Å²) in [5.41, 5.74) is 4.43. The van der Waals surface area contributed by atoms with Gasteiger partial charge in [-0.2, -0.15) is 4.72 Å². The summed E-state index contributed by atoms with van der Waals surface area (Å²) in [5, 5.41) is 10.5. The smallest absolute Gasteiger partial charge is 0.265 e. The molecule has 1 aliphatic rings. The Balaban J connectivity index is 2.04. The van der Waals surface area contributed by atoms with Gasteiger partial charge in [-0.15, -0.1) is 0 Å². The number of hydrogen-bond donors (Lipinski definition) is 1. The molecule has 114 valence electrons. The second-order valence-corrected chi connectivity index (χ2v) is 7.70. The number of nitrogens with one attached hydrogen (secondary N) is 1. The lowest BCUT2D eigenvalue weighted by molar-refractivity contribution is -0.304. The fourth-order valence-corrected chi connectivity index (χ4v) is 4.95. The first-order valence-electron chi connectivity index (χ1n) is 7.15. The lowest BCUT2D eigenvalue weighted by Crippen LogP contribution is -2.46. The highest BCUT2D eigenvalue weighted by Gasteiger charge is 2.39. The van der Waals surface area contributed by atoms with E-state index in [9.17, 15) is 14.7 Å². The van der Waals surface area contributed by atoms with Crippen molar-refractivity contribution in [1.82, 2.24) is 4.72 Å². The maximum absolute atomic E-state index is 12.2. The van der Waals surface area contributed by atoms with Gasteiger partial charge in [-0.3, -0.25) is 4.79 Å². The highest BCUT2D eigenvalue weighted by atomic mass is 32.2. The molecular formula is C16H21NO3S. The van der Waals surface area contributed by atoms with Crippen molar-refractivity contribution in [1.29, 1.82) is 0 Å². The first-order valence-corrected chi connectivity index (χ1v) is 8.61. The number of amides is 1. The van der Waals surface area contributed by atoms with Gasteiger partial charge >= 0.3 is 0 Å². The Labute approximate surface area is 128 Å². The van der Waals surface area contributed by atoms with Gasteiger partial charge in [0.25, 0.3) is 5.91 Å². The first-order chi connectivity index (χ1) is 9.88. The number of aryl methyl sites for hydroxylation is 3. The molecule has 0 radical (unpaired) electrons. The monoisotopic (exact) mass is 307 g/mol. The molecule has 0 saturated carbocycles. The van der Waals surface area contributed by atoms with Gasteiger partial charge in [0.05, 0.1) is 12.4 Å². The van der Waals surface area contributed by atoms with Crippen molar-refractivity contribution in [2.45, 2.75) is 45.3 Å². The van der Waals surface area contributed by atoms with Gasteiger partial charge in [-0.05, 0) is 43.9 Å². The van der Waals surface area contributed by atoms with Crippen LogP contribution < -0.4 is 9.83 Å². The zero-order valence-electron chi connectivity index (χ0n) is 12.7. The quantitative estimate of drug-likeness (QED) is 0.833. The van der Waals surface area contributed by atoms with Crippen LogP contribution in [0.4, 0.5) is 0 Å². The van der Waals surface area contributed by atoms with E-state index in [0.29, 0.717) is 12.8 Å². The number of carbonyl (C=O) groups is 2. The highest BCUT2D eigenvalue weighted by molar-refractivity contribution is 7.97. The predicted octanol–water partition coefficient (Wildman–Crippen LogP) is 0.716. The van der Waals surface area contributed by atoms with Crippen molar-refractivity contribution < 1.29 is 14.7 Å². The van der Waals surface area contributed by atoms with Crippen molar-refractivity contribution in [3.8, 4) is 0 Å². The molecule has 0 spiro atoms. The maximum Gasteiger partial charge on any atom is 0.265 e. The largest absolute Gasteiger partial charge is 0.545 e. The van der Waals surface area contributed by atoms with Crippen molar-refractivity contribution in [2.24, 2.45) is 0 Å². The molecule has 21 heavy (non-hydrogen) atoms. The third-order valence-electron chi connectivity index (χ3n) is 3.86. The van der Waals surface area contributed by atoms with E-state index < -0.39 is 22.3 Å². The van der Waals surface area contributed by atoms with Crippen LogP contribution in [-0.4, -0.2) is 22.9 Å². The van der Waals surface area contributed by atoms with E-state index >= 15 is 0 Å². The molecule has 2 atom stereocenters. The molecular weight excluding hydrogens is 286 g/mol. The zero-order valence-corrected chi connectivity index (χ0v) is 13.5. The molecule has 2 unspecified atom stereocenters. The van der Waals surface area contributed by atoms with Gasteiger partial charge in [0.1, 0.15) is 16.8 Å². The summed E-state index contributed by atoms with van der Waals surface area (Å²) in [4.78, 5) is 23.3. The molecule has 1 aliphatic heterocycles. The van der Waals surface area contributed by atoms with Crippen LogP contribution in [0.3, 0.4) is 0 Å². The van der Waals surface area contributed by atoms with Crippen molar-refractivity contribution in [3.05, 3.63) is 34.4 Å². The van der Waals surface area contributed by atoms with E-state index in [4.69, 9.17) is 0 Å². The Bertz CT molecular complexity index is 548. The minimum absolute atomic E-state index is 0.0958. The number of benzene rings is 1. The van der Waals surface area contributed by atoms with Gasteiger partial charge in [0, 0.05) is 6.42 Å². The van der Waals surface area contributed by atoms with Crippen LogP contribution in [0.15, 0.2) is 12.1 Å². The number of hydrogen-bond acceptors (Lipinski definition) is 3. The first kappa shape index (κ1) is 15.9. The number of rotatable bonds is 4. The molecule has 0 aromatic heterocycles. The van der Waals surface area contributed by atoms with E-state index in [1.807, 2.05) is 20.8 Å². The maximum atomic E-state index is 12.2. The molecule has 1 N–H and O–H groups in total. The Morgan fingerprint density at radius 3 is 2.48 bits per heavy atom. The molecule has 5 heteroatoms. The molecule has 1 fully saturated rings. The van der Waals surface area contributed by atoms with Gasteiger partial charge in [-0.1, -0.05) is 17.7 Å². The number of carbonyl (C=O) groups excluding carboxylic acids is 2. The third kappa shape index (κ3) is 3.79. The van der Waals surface area contributed by atoms with Crippen LogP contribution in [0.5, 0.6) is 0 Å². The highest BCUT2D eigenvalue weighted by Crippen LogP contribution is 2.21. The van der Waals surface area contributed by atoms with E-state index in [0.717, 1.165) is 28.9 Å². The topological polar surface area (TPSA) is 69.2 Å².